The van der Waals surface area contributed by atoms with Gasteiger partial charge in [-0.1, -0.05) is 0 Å². The average molecular weight is 484 g/mol. The molecule has 26 heavy (non-hydrogen) atoms. The van der Waals surface area contributed by atoms with Crippen molar-refractivity contribution in [2.45, 2.75) is 44.8 Å². The molecular formula is C18H37IN4O3. The average Bonchev–Trinajstić information content (AvgIpc) is 3.29. The first kappa shape index (κ1) is 23.9. The molecule has 2 aliphatic rings. The molecule has 0 aromatic carbocycles. The molecule has 2 heterocycles. The predicted octanol–water partition coefficient (Wildman–Crippen LogP) is 1.47. The van der Waals surface area contributed by atoms with Crippen molar-refractivity contribution in [2.75, 3.05) is 66.3 Å². The number of rotatable bonds is 11. The monoisotopic (exact) mass is 484 g/mol. The Kier molecular flexibility index (Phi) is 13.6. The summed E-state index contributed by atoms with van der Waals surface area (Å²) in [6.45, 7) is 10.0. The van der Waals surface area contributed by atoms with Gasteiger partial charge < -0.3 is 24.8 Å². The first-order valence-electron chi connectivity index (χ1n) is 9.78. The zero-order valence-corrected chi connectivity index (χ0v) is 18.7. The van der Waals surface area contributed by atoms with Crippen LogP contribution >= 0.6 is 24.0 Å². The van der Waals surface area contributed by atoms with Crippen LogP contribution in [0.15, 0.2) is 4.99 Å². The van der Waals surface area contributed by atoms with Crippen molar-refractivity contribution in [3.05, 3.63) is 0 Å². The maximum Gasteiger partial charge on any atom is 0.191 e. The maximum atomic E-state index is 5.79. The van der Waals surface area contributed by atoms with Crippen LogP contribution in [0.2, 0.25) is 0 Å². The minimum absolute atomic E-state index is 0. The zero-order chi connectivity index (χ0) is 17.7. The SMILES string of the molecule is CCNC(=NCC1CCCN1CCOC)NCCCOC1CCOC1.I. The number of nitrogens with one attached hydrogen (secondary N) is 2. The molecule has 0 aromatic heterocycles. The Morgan fingerprint density at radius 2 is 2.15 bits per heavy atom. The molecule has 7 nitrogen and oxygen atoms in total. The van der Waals surface area contributed by atoms with Gasteiger partial charge in [-0.2, -0.15) is 0 Å². The summed E-state index contributed by atoms with van der Waals surface area (Å²) in [5, 5.41) is 6.74. The number of halogens is 1. The summed E-state index contributed by atoms with van der Waals surface area (Å²) in [5.41, 5.74) is 0. The normalized spacial score (nSPS) is 23.8. The predicted molar refractivity (Wildman–Crippen MR) is 116 cm³/mol. The van der Waals surface area contributed by atoms with Gasteiger partial charge in [0.25, 0.3) is 0 Å². The lowest BCUT2D eigenvalue weighted by Crippen LogP contribution is -2.40. The van der Waals surface area contributed by atoms with E-state index in [0.29, 0.717) is 12.1 Å². The highest BCUT2D eigenvalue weighted by Gasteiger charge is 2.23. The third-order valence-corrected chi connectivity index (χ3v) is 4.74. The maximum absolute atomic E-state index is 5.79. The summed E-state index contributed by atoms with van der Waals surface area (Å²) >= 11 is 0. The van der Waals surface area contributed by atoms with E-state index in [2.05, 4.69) is 22.5 Å². The van der Waals surface area contributed by atoms with E-state index >= 15 is 0 Å². The van der Waals surface area contributed by atoms with Crippen LogP contribution in [0.4, 0.5) is 0 Å². The molecule has 0 saturated carbocycles. The summed E-state index contributed by atoms with van der Waals surface area (Å²) < 4.78 is 16.3. The smallest absolute Gasteiger partial charge is 0.191 e. The molecule has 0 spiro atoms. The summed E-state index contributed by atoms with van der Waals surface area (Å²) in [7, 11) is 1.76. The molecule has 0 aliphatic carbocycles. The van der Waals surface area contributed by atoms with Crippen LogP contribution < -0.4 is 10.6 Å². The lowest BCUT2D eigenvalue weighted by Gasteiger charge is -2.23. The van der Waals surface area contributed by atoms with Crippen LogP contribution in [0, 0.1) is 0 Å². The van der Waals surface area contributed by atoms with E-state index < -0.39 is 0 Å². The van der Waals surface area contributed by atoms with Crippen LogP contribution in [-0.2, 0) is 14.2 Å². The minimum Gasteiger partial charge on any atom is -0.383 e. The number of likely N-dealkylation sites (tertiary alicyclic amines) is 1. The van der Waals surface area contributed by atoms with Crippen molar-refractivity contribution in [1.82, 2.24) is 15.5 Å². The second-order valence-electron chi connectivity index (χ2n) is 6.68. The van der Waals surface area contributed by atoms with E-state index in [1.165, 1.54) is 12.8 Å². The van der Waals surface area contributed by atoms with Crippen LogP contribution in [0.3, 0.4) is 0 Å². The van der Waals surface area contributed by atoms with E-state index in [-0.39, 0.29) is 24.0 Å². The van der Waals surface area contributed by atoms with E-state index in [1.54, 1.807) is 7.11 Å². The standard InChI is InChI=1S/C18H36N4O3.HI/c1-3-19-18(20-8-5-11-25-17-7-12-24-15-17)21-14-16-6-4-9-22(16)10-13-23-2;/h16-17H,3-15H2,1-2H3,(H2,19,20,21);1H. The van der Waals surface area contributed by atoms with Gasteiger partial charge in [0.2, 0.25) is 0 Å². The van der Waals surface area contributed by atoms with Crippen LogP contribution in [0.1, 0.15) is 32.6 Å². The number of nitrogens with zero attached hydrogens (tertiary/aromatic N) is 2. The Bertz CT molecular complexity index is 381. The Labute approximate surface area is 175 Å². The molecule has 0 bridgehead atoms. The highest BCUT2D eigenvalue weighted by Crippen LogP contribution is 2.16. The lowest BCUT2D eigenvalue weighted by atomic mass is 10.2. The van der Waals surface area contributed by atoms with Gasteiger partial charge in [-0.25, -0.2) is 0 Å². The van der Waals surface area contributed by atoms with E-state index in [9.17, 15) is 0 Å². The molecule has 0 radical (unpaired) electrons. The summed E-state index contributed by atoms with van der Waals surface area (Å²) in [6.07, 6.45) is 4.78. The van der Waals surface area contributed by atoms with Crippen LogP contribution in [0.25, 0.3) is 0 Å². The molecule has 2 N–H and O–H groups in total. The second kappa shape index (κ2) is 14.8. The van der Waals surface area contributed by atoms with Gasteiger partial charge >= 0.3 is 0 Å². The number of hydrogen-bond acceptors (Lipinski definition) is 5. The molecule has 154 valence electrons. The first-order valence-corrected chi connectivity index (χ1v) is 9.78. The highest BCUT2D eigenvalue weighted by molar-refractivity contribution is 14.0. The van der Waals surface area contributed by atoms with Crippen molar-refractivity contribution in [3.63, 3.8) is 0 Å². The Hall–Kier alpha value is -0.160. The lowest BCUT2D eigenvalue weighted by molar-refractivity contribution is 0.0420. The van der Waals surface area contributed by atoms with Crippen LogP contribution in [0.5, 0.6) is 0 Å². The molecule has 2 unspecified atom stereocenters. The van der Waals surface area contributed by atoms with E-state index in [4.69, 9.17) is 19.2 Å². The number of hydrogen-bond donors (Lipinski definition) is 2. The number of methoxy groups -OCH3 is 1. The van der Waals surface area contributed by atoms with Gasteiger partial charge in [-0.05, 0) is 39.2 Å². The quantitative estimate of drug-likeness (QED) is 0.201. The topological polar surface area (TPSA) is 67.4 Å². The summed E-state index contributed by atoms with van der Waals surface area (Å²) in [4.78, 5) is 7.27. The summed E-state index contributed by atoms with van der Waals surface area (Å²) in [6, 6.07) is 0.538. The number of guanidine groups is 1. The fraction of sp³-hybridized carbons (Fsp3) is 0.944. The third kappa shape index (κ3) is 9.16. The molecule has 2 saturated heterocycles. The minimum atomic E-state index is 0. The zero-order valence-electron chi connectivity index (χ0n) is 16.4. The molecule has 8 heteroatoms. The fourth-order valence-corrected chi connectivity index (χ4v) is 3.32. The third-order valence-electron chi connectivity index (χ3n) is 4.74. The molecular weight excluding hydrogens is 447 g/mol. The van der Waals surface area contributed by atoms with E-state index in [0.717, 1.165) is 78.0 Å². The first-order chi connectivity index (χ1) is 12.3. The van der Waals surface area contributed by atoms with Crippen LogP contribution in [-0.4, -0.2) is 89.3 Å². The molecule has 2 fully saturated rings. The van der Waals surface area contributed by atoms with Gasteiger partial charge in [0.1, 0.15) is 0 Å². The van der Waals surface area contributed by atoms with Crippen molar-refractivity contribution in [2.24, 2.45) is 4.99 Å². The molecule has 0 amide bonds. The van der Waals surface area contributed by atoms with Gasteiger partial charge in [-0.3, -0.25) is 9.89 Å². The number of ether oxygens (including phenoxy) is 3. The van der Waals surface area contributed by atoms with Crippen molar-refractivity contribution < 1.29 is 14.2 Å². The van der Waals surface area contributed by atoms with Gasteiger partial charge in [0.15, 0.2) is 5.96 Å². The fourth-order valence-electron chi connectivity index (χ4n) is 3.32. The molecule has 2 aliphatic heterocycles. The van der Waals surface area contributed by atoms with Crippen molar-refractivity contribution in [3.8, 4) is 0 Å². The molecule has 2 rings (SSSR count). The van der Waals surface area contributed by atoms with Crippen molar-refractivity contribution >= 4 is 29.9 Å². The van der Waals surface area contributed by atoms with Gasteiger partial charge in [0.05, 0.1) is 25.9 Å². The van der Waals surface area contributed by atoms with Gasteiger partial charge in [-0.15, -0.1) is 24.0 Å². The summed E-state index contributed by atoms with van der Waals surface area (Å²) in [5.74, 6) is 0.908. The Morgan fingerprint density at radius 1 is 1.27 bits per heavy atom. The highest BCUT2D eigenvalue weighted by atomic mass is 127. The molecule has 2 atom stereocenters. The number of aliphatic imine (C=N–C) groups is 1. The molecule has 0 aromatic rings. The Morgan fingerprint density at radius 3 is 2.88 bits per heavy atom. The Balaban J connectivity index is 0.00000338. The van der Waals surface area contributed by atoms with E-state index in [1.807, 2.05) is 0 Å². The van der Waals surface area contributed by atoms with Gasteiger partial charge in [0, 0.05) is 46.0 Å². The second-order valence-corrected chi connectivity index (χ2v) is 6.68. The largest absolute Gasteiger partial charge is 0.383 e. The van der Waals surface area contributed by atoms with Crippen molar-refractivity contribution in [1.29, 1.82) is 0 Å².